The smallest absolute Gasteiger partial charge is 0.209 e. The van der Waals surface area contributed by atoms with Gasteiger partial charge in [-0.25, -0.2) is 9.89 Å². The minimum Gasteiger partial charge on any atom is -0.369 e. The monoisotopic (exact) mass is 369 g/mol. The molecular weight excluding hydrogens is 349 g/mol. The molecule has 130 valence electrons. The highest BCUT2D eigenvalue weighted by molar-refractivity contribution is 6.36. The van der Waals surface area contributed by atoms with Crippen LogP contribution >= 0.6 is 23.2 Å². The number of guanidine groups is 1. The second-order valence-corrected chi connectivity index (χ2v) is 7.86. The Balaban J connectivity index is 2.39. The van der Waals surface area contributed by atoms with Crippen molar-refractivity contribution in [3.8, 4) is 6.19 Å². The van der Waals surface area contributed by atoms with E-state index in [1.54, 1.807) is 18.2 Å². The van der Waals surface area contributed by atoms with Gasteiger partial charge in [-0.3, -0.25) is 0 Å². The van der Waals surface area contributed by atoms with Crippen LogP contribution in [0.1, 0.15) is 34.1 Å². The molecule has 1 fully saturated rings. The summed E-state index contributed by atoms with van der Waals surface area (Å²) in [7, 11) is 0. The summed E-state index contributed by atoms with van der Waals surface area (Å²) >= 11 is 12.1. The summed E-state index contributed by atoms with van der Waals surface area (Å²) in [5, 5.41) is 21.9. The van der Waals surface area contributed by atoms with Crippen LogP contribution in [0.15, 0.2) is 23.2 Å². The third-order valence-electron chi connectivity index (χ3n) is 4.39. The van der Waals surface area contributed by atoms with Crippen molar-refractivity contribution in [1.82, 2.24) is 5.06 Å². The van der Waals surface area contributed by atoms with Gasteiger partial charge in [-0.1, -0.05) is 23.2 Å². The molecule has 1 aromatic rings. The van der Waals surface area contributed by atoms with Gasteiger partial charge in [0.15, 0.2) is 6.19 Å². The summed E-state index contributed by atoms with van der Waals surface area (Å²) in [6.45, 7) is 7.62. The summed E-state index contributed by atoms with van der Waals surface area (Å²) in [5.74, 6) is 0.00541. The molecule has 1 unspecified atom stereocenters. The van der Waals surface area contributed by atoms with E-state index in [4.69, 9.17) is 28.9 Å². The van der Waals surface area contributed by atoms with Crippen molar-refractivity contribution < 1.29 is 5.21 Å². The quantitative estimate of drug-likeness (QED) is 0.359. The van der Waals surface area contributed by atoms with Gasteiger partial charge in [0.1, 0.15) is 0 Å². The minimum absolute atomic E-state index is 0.00541. The SMILES string of the molecule is CC1(C)CC(N=C(N)N(C#N)c2cc(Cl)ccc2Cl)C(C)(C)N1O. The highest BCUT2D eigenvalue weighted by Gasteiger charge is 2.51. The van der Waals surface area contributed by atoms with Crippen molar-refractivity contribution in [2.45, 2.75) is 51.2 Å². The molecule has 8 heteroatoms. The number of anilines is 1. The van der Waals surface area contributed by atoms with Gasteiger partial charge < -0.3 is 10.9 Å². The number of rotatable bonds is 2. The lowest BCUT2D eigenvalue weighted by Gasteiger charge is -2.35. The lowest BCUT2D eigenvalue weighted by atomic mass is 9.95. The van der Waals surface area contributed by atoms with Crippen LogP contribution in [0.4, 0.5) is 5.69 Å². The second kappa shape index (κ2) is 6.41. The largest absolute Gasteiger partial charge is 0.369 e. The Morgan fingerprint density at radius 2 is 2.04 bits per heavy atom. The molecule has 0 radical (unpaired) electrons. The normalized spacial score (nSPS) is 23.1. The minimum atomic E-state index is -0.618. The summed E-state index contributed by atoms with van der Waals surface area (Å²) < 4.78 is 0. The standard InChI is InChI=1S/C16H21Cl2N5O/c1-15(2)8-13(16(3,4)23(15)24)21-14(20)22(9-19)12-7-10(17)5-6-11(12)18/h5-7,13,24H,8H2,1-4H3,(H2,20,21). The Hall–Kier alpha value is -1.52. The first-order valence-corrected chi connectivity index (χ1v) is 8.23. The van der Waals surface area contributed by atoms with Crippen LogP contribution in [-0.2, 0) is 0 Å². The van der Waals surface area contributed by atoms with E-state index in [1.165, 1.54) is 5.06 Å². The highest BCUT2D eigenvalue weighted by Crippen LogP contribution is 2.41. The zero-order valence-electron chi connectivity index (χ0n) is 14.1. The van der Waals surface area contributed by atoms with E-state index in [0.717, 1.165) is 4.90 Å². The Labute approximate surface area is 152 Å². The van der Waals surface area contributed by atoms with E-state index >= 15 is 0 Å². The van der Waals surface area contributed by atoms with Gasteiger partial charge in [0, 0.05) is 10.6 Å². The molecule has 0 saturated carbocycles. The number of nitrogens with zero attached hydrogens (tertiary/aromatic N) is 4. The third-order valence-corrected chi connectivity index (χ3v) is 4.95. The first kappa shape index (κ1) is 18.8. The van der Waals surface area contributed by atoms with E-state index in [9.17, 15) is 10.5 Å². The van der Waals surface area contributed by atoms with Crippen LogP contribution < -0.4 is 10.6 Å². The molecule has 1 aliphatic heterocycles. The molecule has 0 amide bonds. The maximum atomic E-state index is 10.4. The fourth-order valence-electron chi connectivity index (χ4n) is 3.04. The Morgan fingerprint density at radius 3 is 2.54 bits per heavy atom. The molecule has 3 N–H and O–H groups in total. The van der Waals surface area contributed by atoms with Crippen LogP contribution in [0.3, 0.4) is 0 Å². The number of benzene rings is 1. The van der Waals surface area contributed by atoms with Gasteiger partial charge in [0.05, 0.1) is 22.3 Å². The lowest BCUT2D eigenvalue weighted by Crippen LogP contribution is -2.48. The molecule has 1 aromatic carbocycles. The summed E-state index contributed by atoms with van der Waals surface area (Å²) in [6, 6.07) is 4.49. The Kier molecular flexibility index (Phi) is 5.03. The van der Waals surface area contributed by atoms with E-state index in [0.29, 0.717) is 22.2 Å². The van der Waals surface area contributed by atoms with Crippen LogP contribution in [0.5, 0.6) is 0 Å². The molecule has 1 heterocycles. The average Bonchev–Trinajstić information content (AvgIpc) is 2.63. The number of halogens is 2. The van der Waals surface area contributed by atoms with E-state index in [2.05, 4.69) is 4.99 Å². The fourth-order valence-corrected chi connectivity index (χ4v) is 3.41. The summed E-state index contributed by atoms with van der Waals surface area (Å²) in [6.07, 6.45) is 2.57. The van der Waals surface area contributed by atoms with Crippen molar-refractivity contribution in [3.05, 3.63) is 28.2 Å². The van der Waals surface area contributed by atoms with Crippen molar-refractivity contribution in [3.63, 3.8) is 0 Å². The number of hydroxylamine groups is 2. The average molecular weight is 370 g/mol. The summed E-state index contributed by atoms with van der Waals surface area (Å²) in [4.78, 5) is 5.62. The molecule has 1 saturated heterocycles. The van der Waals surface area contributed by atoms with Crippen LogP contribution in [-0.4, -0.2) is 33.3 Å². The molecular formula is C16H21Cl2N5O. The molecule has 0 spiro atoms. The van der Waals surface area contributed by atoms with Crippen LogP contribution in [0.2, 0.25) is 10.0 Å². The topological polar surface area (TPSA) is 88.9 Å². The number of aliphatic imine (C=N–C) groups is 1. The highest BCUT2D eigenvalue weighted by atomic mass is 35.5. The number of nitriles is 1. The predicted molar refractivity (Wildman–Crippen MR) is 96.4 cm³/mol. The molecule has 24 heavy (non-hydrogen) atoms. The molecule has 1 aliphatic rings. The van der Waals surface area contributed by atoms with Gasteiger partial charge in [-0.2, -0.15) is 10.3 Å². The first-order valence-electron chi connectivity index (χ1n) is 7.48. The zero-order valence-corrected chi connectivity index (χ0v) is 15.6. The maximum Gasteiger partial charge on any atom is 0.209 e. The van der Waals surface area contributed by atoms with Crippen molar-refractivity contribution in [2.24, 2.45) is 10.7 Å². The Bertz CT molecular complexity index is 711. The lowest BCUT2D eigenvalue weighted by molar-refractivity contribution is -0.193. The van der Waals surface area contributed by atoms with Gasteiger partial charge in [0.2, 0.25) is 5.96 Å². The number of hydrogen-bond acceptors (Lipinski definition) is 4. The molecule has 0 aromatic heterocycles. The number of hydrogen-bond donors (Lipinski definition) is 2. The first-order chi connectivity index (χ1) is 11.0. The van der Waals surface area contributed by atoms with Gasteiger partial charge >= 0.3 is 0 Å². The molecule has 2 rings (SSSR count). The third kappa shape index (κ3) is 3.31. The Morgan fingerprint density at radius 1 is 1.42 bits per heavy atom. The zero-order chi connectivity index (χ0) is 18.3. The molecule has 1 atom stereocenters. The van der Waals surface area contributed by atoms with E-state index in [-0.39, 0.29) is 12.0 Å². The molecule has 0 aliphatic carbocycles. The van der Waals surface area contributed by atoms with E-state index in [1.807, 2.05) is 33.9 Å². The second-order valence-electron chi connectivity index (χ2n) is 7.02. The van der Waals surface area contributed by atoms with Crippen LogP contribution in [0.25, 0.3) is 0 Å². The maximum absolute atomic E-state index is 10.4. The molecule has 6 nitrogen and oxygen atoms in total. The van der Waals surface area contributed by atoms with Crippen molar-refractivity contribution in [2.75, 3.05) is 4.90 Å². The van der Waals surface area contributed by atoms with Gasteiger partial charge in [-0.15, -0.1) is 0 Å². The predicted octanol–water partition coefficient (Wildman–Crippen LogP) is 3.62. The van der Waals surface area contributed by atoms with Crippen LogP contribution in [0, 0.1) is 11.5 Å². The summed E-state index contributed by atoms with van der Waals surface area (Å²) in [5.41, 5.74) is 5.37. The number of nitrogens with two attached hydrogens (primary N) is 1. The fraction of sp³-hybridized carbons (Fsp3) is 0.500. The van der Waals surface area contributed by atoms with Crippen molar-refractivity contribution >= 4 is 34.8 Å². The van der Waals surface area contributed by atoms with Crippen molar-refractivity contribution in [1.29, 1.82) is 5.26 Å². The molecule has 0 bridgehead atoms. The van der Waals surface area contributed by atoms with Gasteiger partial charge in [0.25, 0.3) is 0 Å². The van der Waals surface area contributed by atoms with E-state index < -0.39 is 11.1 Å². The van der Waals surface area contributed by atoms with Gasteiger partial charge in [-0.05, 0) is 52.3 Å².